The Balaban J connectivity index is 1.63. The molecule has 3 aromatic heterocycles. The number of amides is 1. The van der Waals surface area contributed by atoms with Gasteiger partial charge >= 0.3 is 0 Å². The van der Waals surface area contributed by atoms with Crippen molar-refractivity contribution in [3.8, 4) is 22.5 Å². The highest BCUT2D eigenvalue weighted by Crippen LogP contribution is 2.36. The van der Waals surface area contributed by atoms with Crippen LogP contribution in [0.3, 0.4) is 0 Å². The van der Waals surface area contributed by atoms with Crippen molar-refractivity contribution >= 4 is 11.6 Å². The molecule has 35 heavy (non-hydrogen) atoms. The van der Waals surface area contributed by atoms with Crippen LogP contribution in [0.2, 0.25) is 0 Å². The highest BCUT2D eigenvalue weighted by Gasteiger charge is 2.22. The Bertz CT molecular complexity index is 1320. The second-order valence-electron chi connectivity index (χ2n) is 9.59. The normalized spacial score (nSPS) is 12.6. The number of carbonyl (C=O) groups is 1. The van der Waals surface area contributed by atoms with Gasteiger partial charge in [-0.05, 0) is 56.1 Å². The minimum atomic E-state index is -0.0129. The molecule has 0 spiro atoms. The number of pyridine rings is 1. The van der Waals surface area contributed by atoms with Crippen molar-refractivity contribution in [2.24, 2.45) is 0 Å². The largest absolute Gasteiger partial charge is 0.338 e. The number of aromatic nitrogens is 5. The minimum absolute atomic E-state index is 0.0129. The summed E-state index contributed by atoms with van der Waals surface area (Å²) < 4.78 is 1.80. The lowest BCUT2D eigenvalue weighted by Crippen LogP contribution is -2.37. The Morgan fingerprint density at radius 3 is 2.49 bits per heavy atom. The van der Waals surface area contributed by atoms with E-state index in [-0.39, 0.29) is 17.9 Å². The second kappa shape index (κ2) is 10.00. The fourth-order valence-corrected chi connectivity index (χ4v) is 4.40. The van der Waals surface area contributed by atoms with Gasteiger partial charge in [0, 0.05) is 24.4 Å². The van der Waals surface area contributed by atoms with Gasteiger partial charge in [0.1, 0.15) is 6.33 Å². The molecule has 4 aromatic rings. The van der Waals surface area contributed by atoms with E-state index in [0.29, 0.717) is 6.54 Å². The van der Waals surface area contributed by atoms with E-state index >= 15 is 0 Å². The summed E-state index contributed by atoms with van der Waals surface area (Å²) >= 11 is 0. The summed E-state index contributed by atoms with van der Waals surface area (Å²) in [6, 6.07) is 10.5. The first kappa shape index (κ1) is 24.6. The fraction of sp³-hybridized carbons (Fsp3) is 0.407. The van der Waals surface area contributed by atoms with Gasteiger partial charge in [-0.15, -0.1) is 0 Å². The van der Waals surface area contributed by atoms with E-state index in [0.717, 1.165) is 45.8 Å². The maximum absolute atomic E-state index is 12.6. The molecule has 0 radical (unpaired) electrons. The zero-order valence-electron chi connectivity index (χ0n) is 21.7. The number of hydrogen-bond donors (Lipinski definition) is 1. The number of carbonyl (C=O) groups excluding carboxylic acids is 1. The number of aromatic amines is 1. The molecule has 184 valence electrons. The number of hydrogen-bond acceptors (Lipinski definition) is 5. The molecular formula is C27H35N7O. The van der Waals surface area contributed by atoms with Crippen LogP contribution in [-0.2, 0) is 4.79 Å². The van der Waals surface area contributed by atoms with E-state index in [1.807, 2.05) is 37.0 Å². The van der Waals surface area contributed by atoms with Crippen LogP contribution >= 0.6 is 0 Å². The molecule has 0 aliphatic carbocycles. The third-order valence-electron chi connectivity index (χ3n) is 6.82. The molecule has 0 bridgehead atoms. The molecule has 1 unspecified atom stereocenters. The lowest BCUT2D eigenvalue weighted by atomic mass is 9.93. The quantitative estimate of drug-likeness (QED) is 0.401. The standard InChI is InChI=1S/C27H35N7O/c1-8-32(6)15-23(35)33(7)19(5)20-9-11-21(12-10-20)25-24(17(2)3)26(31-30-25)22-13-18(4)27-28-16-29-34(27)14-22/h9-14,16-17,19H,8,15H2,1-7H3,(H,30,31). The Labute approximate surface area is 207 Å². The van der Waals surface area contributed by atoms with E-state index in [9.17, 15) is 4.79 Å². The van der Waals surface area contributed by atoms with Crippen molar-refractivity contribution in [3.63, 3.8) is 0 Å². The first-order valence-electron chi connectivity index (χ1n) is 12.1. The van der Waals surface area contributed by atoms with Crippen molar-refractivity contribution in [1.29, 1.82) is 0 Å². The van der Waals surface area contributed by atoms with Crippen LogP contribution in [0.4, 0.5) is 0 Å². The van der Waals surface area contributed by atoms with Gasteiger partial charge in [0.05, 0.1) is 24.0 Å². The van der Waals surface area contributed by atoms with Crippen molar-refractivity contribution in [1.82, 2.24) is 34.6 Å². The average Bonchev–Trinajstić information content (AvgIpc) is 3.50. The smallest absolute Gasteiger partial charge is 0.236 e. The van der Waals surface area contributed by atoms with Gasteiger partial charge in [-0.3, -0.25) is 14.8 Å². The van der Waals surface area contributed by atoms with Crippen LogP contribution in [0, 0.1) is 6.92 Å². The molecule has 8 nitrogen and oxygen atoms in total. The van der Waals surface area contributed by atoms with Crippen molar-refractivity contribution in [2.75, 3.05) is 27.2 Å². The summed E-state index contributed by atoms with van der Waals surface area (Å²) in [6.07, 6.45) is 3.55. The van der Waals surface area contributed by atoms with E-state index in [2.05, 4.69) is 73.2 Å². The van der Waals surface area contributed by atoms with Crippen LogP contribution in [0.25, 0.3) is 28.2 Å². The van der Waals surface area contributed by atoms with Crippen LogP contribution in [0.15, 0.2) is 42.9 Å². The predicted octanol–water partition coefficient (Wildman–Crippen LogP) is 4.69. The number of nitrogens with zero attached hydrogens (tertiary/aromatic N) is 6. The van der Waals surface area contributed by atoms with Gasteiger partial charge in [-0.2, -0.15) is 10.2 Å². The second-order valence-corrected chi connectivity index (χ2v) is 9.59. The SMILES string of the molecule is CCN(C)CC(=O)N(C)C(C)c1ccc(-c2[nH]nc(-c3cc(C)c4ncnn4c3)c2C(C)C)cc1. The molecular weight excluding hydrogens is 438 g/mol. The Morgan fingerprint density at radius 2 is 1.83 bits per heavy atom. The molecule has 1 N–H and O–H groups in total. The molecule has 1 amide bonds. The molecule has 4 rings (SSSR count). The van der Waals surface area contributed by atoms with Crippen molar-refractivity contribution in [2.45, 2.75) is 46.6 Å². The molecule has 1 aromatic carbocycles. The monoisotopic (exact) mass is 473 g/mol. The first-order chi connectivity index (χ1) is 16.7. The van der Waals surface area contributed by atoms with Gasteiger partial charge in [-0.25, -0.2) is 9.50 Å². The van der Waals surface area contributed by atoms with E-state index in [4.69, 9.17) is 5.10 Å². The lowest BCUT2D eigenvalue weighted by Gasteiger charge is -2.27. The maximum Gasteiger partial charge on any atom is 0.236 e. The van der Waals surface area contributed by atoms with Crippen LogP contribution in [0.1, 0.15) is 56.3 Å². The molecule has 0 fully saturated rings. The zero-order chi connectivity index (χ0) is 25.3. The van der Waals surface area contributed by atoms with Crippen molar-refractivity contribution in [3.05, 3.63) is 59.5 Å². The molecule has 3 heterocycles. The highest BCUT2D eigenvalue weighted by molar-refractivity contribution is 5.79. The predicted molar refractivity (Wildman–Crippen MR) is 139 cm³/mol. The molecule has 0 aliphatic rings. The number of benzene rings is 1. The minimum Gasteiger partial charge on any atom is -0.338 e. The summed E-state index contributed by atoms with van der Waals surface area (Å²) in [5.74, 6) is 0.384. The first-order valence-corrected chi connectivity index (χ1v) is 12.1. The Kier molecular flexibility index (Phi) is 7.03. The summed E-state index contributed by atoms with van der Waals surface area (Å²) in [5.41, 5.74) is 8.20. The van der Waals surface area contributed by atoms with Crippen LogP contribution in [0.5, 0.6) is 0 Å². The third kappa shape index (κ3) is 4.84. The van der Waals surface area contributed by atoms with Crippen LogP contribution in [-0.4, -0.2) is 67.7 Å². The van der Waals surface area contributed by atoms with Crippen molar-refractivity contribution < 1.29 is 4.79 Å². The maximum atomic E-state index is 12.6. The van der Waals surface area contributed by atoms with Gasteiger partial charge in [-0.1, -0.05) is 45.0 Å². The molecule has 0 saturated carbocycles. The van der Waals surface area contributed by atoms with E-state index in [1.165, 1.54) is 5.56 Å². The summed E-state index contributed by atoms with van der Waals surface area (Å²) in [6.45, 7) is 11.8. The number of likely N-dealkylation sites (N-methyl/N-ethyl adjacent to an activating group) is 2. The summed E-state index contributed by atoms with van der Waals surface area (Å²) in [7, 11) is 3.83. The summed E-state index contributed by atoms with van der Waals surface area (Å²) in [4.78, 5) is 20.8. The van der Waals surface area contributed by atoms with Crippen LogP contribution < -0.4 is 0 Å². The molecule has 1 atom stereocenters. The summed E-state index contributed by atoms with van der Waals surface area (Å²) in [5, 5.41) is 12.3. The highest BCUT2D eigenvalue weighted by atomic mass is 16.2. The third-order valence-corrected chi connectivity index (χ3v) is 6.82. The Hall–Kier alpha value is -3.52. The van der Waals surface area contributed by atoms with E-state index in [1.54, 1.807) is 10.8 Å². The number of H-pyrrole nitrogens is 1. The number of aryl methyl sites for hydroxylation is 1. The number of rotatable bonds is 8. The van der Waals surface area contributed by atoms with Gasteiger partial charge < -0.3 is 4.90 Å². The number of nitrogens with one attached hydrogen (secondary N) is 1. The molecule has 0 aliphatic heterocycles. The number of fused-ring (bicyclic) bond motifs is 1. The Morgan fingerprint density at radius 1 is 1.11 bits per heavy atom. The molecule has 8 heteroatoms. The van der Waals surface area contributed by atoms with Gasteiger partial charge in [0.2, 0.25) is 5.91 Å². The topological polar surface area (TPSA) is 82.4 Å². The lowest BCUT2D eigenvalue weighted by molar-refractivity contribution is -0.132. The van der Waals surface area contributed by atoms with Gasteiger partial charge in [0.15, 0.2) is 5.65 Å². The van der Waals surface area contributed by atoms with E-state index < -0.39 is 0 Å². The average molecular weight is 474 g/mol. The van der Waals surface area contributed by atoms with Gasteiger partial charge in [0.25, 0.3) is 0 Å². The zero-order valence-corrected chi connectivity index (χ0v) is 21.7. The fourth-order valence-electron chi connectivity index (χ4n) is 4.40. The molecule has 0 saturated heterocycles.